The molecule has 0 saturated carbocycles. The predicted octanol–water partition coefficient (Wildman–Crippen LogP) is 2.76. The van der Waals surface area contributed by atoms with Crippen molar-refractivity contribution in [3.8, 4) is 11.1 Å². The van der Waals surface area contributed by atoms with Crippen LogP contribution in [0, 0.1) is 0 Å². The lowest BCUT2D eigenvalue weighted by atomic mass is 10.1. The topological polar surface area (TPSA) is 98.8 Å². The van der Waals surface area contributed by atoms with E-state index in [1.807, 2.05) is 37.5 Å². The smallest absolute Gasteiger partial charge is 0.321 e. The van der Waals surface area contributed by atoms with E-state index in [0.717, 1.165) is 41.2 Å². The Labute approximate surface area is 151 Å². The molecule has 1 aliphatic heterocycles. The zero-order valence-corrected chi connectivity index (χ0v) is 14.6. The van der Waals surface area contributed by atoms with Crippen molar-refractivity contribution >= 4 is 29.0 Å². The van der Waals surface area contributed by atoms with E-state index in [1.54, 1.807) is 0 Å². The minimum Gasteiger partial charge on any atom is -0.341 e. The van der Waals surface area contributed by atoms with Crippen LogP contribution < -0.4 is 15.5 Å². The number of aromatic amines is 1. The zero-order chi connectivity index (χ0) is 17.9. The van der Waals surface area contributed by atoms with E-state index >= 15 is 0 Å². The normalized spacial score (nSPS) is 14.0. The number of nitrogens with one attached hydrogen (secondary N) is 3. The Balaban J connectivity index is 1.55. The molecule has 8 nitrogen and oxygen atoms in total. The van der Waals surface area contributed by atoms with Gasteiger partial charge in [0.05, 0.1) is 11.0 Å². The SMILES string of the molecule is CCNC(=O)Nc1nc2cc(-c3cnc(N4CCCC4)nc3)ccc2[nH]1. The van der Waals surface area contributed by atoms with Gasteiger partial charge < -0.3 is 15.2 Å². The average molecular weight is 351 g/mol. The number of rotatable bonds is 4. The van der Waals surface area contributed by atoms with Crippen LogP contribution >= 0.6 is 0 Å². The van der Waals surface area contributed by atoms with E-state index < -0.39 is 0 Å². The van der Waals surface area contributed by atoms with Crippen molar-refractivity contribution in [1.29, 1.82) is 0 Å². The van der Waals surface area contributed by atoms with E-state index in [-0.39, 0.29) is 6.03 Å². The van der Waals surface area contributed by atoms with Crippen molar-refractivity contribution in [2.24, 2.45) is 0 Å². The van der Waals surface area contributed by atoms with Crippen molar-refractivity contribution in [3.63, 3.8) is 0 Å². The molecule has 1 fully saturated rings. The second-order valence-corrected chi connectivity index (χ2v) is 6.27. The number of anilines is 2. The molecule has 26 heavy (non-hydrogen) atoms. The summed E-state index contributed by atoms with van der Waals surface area (Å²) in [4.78, 5) is 30.3. The summed E-state index contributed by atoms with van der Waals surface area (Å²) in [6.45, 7) is 4.48. The van der Waals surface area contributed by atoms with Gasteiger partial charge >= 0.3 is 6.03 Å². The molecule has 3 aromatic rings. The highest BCUT2D eigenvalue weighted by Gasteiger charge is 2.15. The van der Waals surface area contributed by atoms with Gasteiger partial charge in [-0.15, -0.1) is 0 Å². The van der Waals surface area contributed by atoms with E-state index in [4.69, 9.17) is 0 Å². The fourth-order valence-electron chi connectivity index (χ4n) is 3.11. The number of aromatic nitrogens is 4. The molecule has 1 aromatic carbocycles. The minimum atomic E-state index is -0.280. The summed E-state index contributed by atoms with van der Waals surface area (Å²) in [5.74, 6) is 1.21. The van der Waals surface area contributed by atoms with Gasteiger partial charge in [0.2, 0.25) is 11.9 Å². The molecule has 4 rings (SSSR count). The fourth-order valence-corrected chi connectivity index (χ4v) is 3.11. The Hall–Kier alpha value is -3.16. The molecule has 0 unspecified atom stereocenters. The number of carbonyl (C=O) groups is 1. The van der Waals surface area contributed by atoms with Crippen molar-refractivity contribution in [2.75, 3.05) is 29.9 Å². The van der Waals surface area contributed by atoms with Gasteiger partial charge in [-0.25, -0.2) is 19.7 Å². The Bertz CT molecular complexity index is 913. The summed E-state index contributed by atoms with van der Waals surface area (Å²) >= 11 is 0. The van der Waals surface area contributed by atoms with Gasteiger partial charge in [-0.2, -0.15) is 0 Å². The number of hydrogen-bond acceptors (Lipinski definition) is 5. The van der Waals surface area contributed by atoms with Crippen molar-refractivity contribution in [3.05, 3.63) is 30.6 Å². The maximum Gasteiger partial charge on any atom is 0.321 e. The number of fused-ring (bicyclic) bond motifs is 1. The van der Waals surface area contributed by atoms with Crippen LogP contribution in [0.15, 0.2) is 30.6 Å². The zero-order valence-electron chi connectivity index (χ0n) is 14.6. The summed E-state index contributed by atoms with van der Waals surface area (Å²) in [6, 6.07) is 5.61. The molecule has 2 aromatic heterocycles. The van der Waals surface area contributed by atoms with Crippen LogP contribution in [-0.2, 0) is 0 Å². The van der Waals surface area contributed by atoms with Gasteiger partial charge in [0.25, 0.3) is 0 Å². The highest BCUT2D eigenvalue weighted by atomic mass is 16.2. The van der Waals surface area contributed by atoms with Crippen LogP contribution in [0.5, 0.6) is 0 Å². The number of benzene rings is 1. The average Bonchev–Trinajstić information content (AvgIpc) is 3.31. The van der Waals surface area contributed by atoms with Crippen molar-refractivity contribution in [2.45, 2.75) is 19.8 Å². The second kappa shape index (κ2) is 6.99. The summed E-state index contributed by atoms with van der Waals surface area (Å²) < 4.78 is 0. The molecular weight excluding hydrogens is 330 g/mol. The Morgan fingerprint density at radius 3 is 2.69 bits per heavy atom. The van der Waals surface area contributed by atoms with Gasteiger partial charge in [-0.1, -0.05) is 6.07 Å². The van der Waals surface area contributed by atoms with Crippen LogP contribution in [0.1, 0.15) is 19.8 Å². The molecule has 0 bridgehead atoms. The third-order valence-electron chi connectivity index (χ3n) is 4.41. The van der Waals surface area contributed by atoms with Crippen LogP contribution in [0.25, 0.3) is 22.2 Å². The molecule has 0 aliphatic carbocycles. The summed E-state index contributed by atoms with van der Waals surface area (Å²) in [5, 5.41) is 5.36. The quantitative estimate of drug-likeness (QED) is 0.671. The number of carbonyl (C=O) groups excluding carboxylic acids is 1. The Kier molecular flexibility index (Phi) is 4.39. The monoisotopic (exact) mass is 351 g/mol. The summed E-state index contributed by atoms with van der Waals surface area (Å²) in [7, 11) is 0. The van der Waals surface area contributed by atoms with Crippen LogP contribution in [0.4, 0.5) is 16.7 Å². The number of urea groups is 1. The fraction of sp³-hybridized carbons (Fsp3) is 0.333. The highest BCUT2D eigenvalue weighted by Crippen LogP contribution is 2.24. The highest BCUT2D eigenvalue weighted by molar-refractivity contribution is 5.90. The molecule has 1 aliphatic rings. The Morgan fingerprint density at radius 1 is 1.19 bits per heavy atom. The molecule has 0 radical (unpaired) electrons. The number of H-pyrrole nitrogens is 1. The molecule has 0 spiro atoms. The predicted molar refractivity (Wildman–Crippen MR) is 101 cm³/mol. The first-order chi connectivity index (χ1) is 12.7. The van der Waals surface area contributed by atoms with E-state index in [2.05, 4.69) is 35.5 Å². The van der Waals surface area contributed by atoms with Gasteiger partial charge in [0.1, 0.15) is 0 Å². The molecule has 3 N–H and O–H groups in total. The van der Waals surface area contributed by atoms with E-state index in [9.17, 15) is 4.79 Å². The van der Waals surface area contributed by atoms with Crippen molar-refractivity contribution in [1.82, 2.24) is 25.3 Å². The molecule has 134 valence electrons. The lowest BCUT2D eigenvalue weighted by molar-refractivity contribution is 0.252. The lowest BCUT2D eigenvalue weighted by Crippen LogP contribution is -2.28. The van der Waals surface area contributed by atoms with E-state index in [0.29, 0.717) is 12.5 Å². The van der Waals surface area contributed by atoms with Gasteiger partial charge in [0.15, 0.2) is 0 Å². The first kappa shape index (κ1) is 16.3. The Morgan fingerprint density at radius 2 is 1.96 bits per heavy atom. The summed E-state index contributed by atoms with van der Waals surface area (Å²) in [5.41, 5.74) is 3.56. The maximum atomic E-state index is 11.6. The number of imidazole rings is 1. The first-order valence-corrected chi connectivity index (χ1v) is 8.85. The summed E-state index contributed by atoms with van der Waals surface area (Å²) in [6.07, 6.45) is 6.10. The maximum absolute atomic E-state index is 11.6. The van der Waals surface area contributed by atoms with E-state index in [1.165, 1.54) is 12.8 Å². The second-order valence-electron chi connectivity index (χ2n) is 6.27. The lowest BCUT2D eigenvalue weighted by Gasteiger charge is -2.14. The third kappa shape index (κ3) is 3.30. The third-order valence-corrected chi connectivity index (χ3v) is 4.41. The number of amides is 2. The van der Waals surface area contributed by atoms with Gasteiger partial charge in [0, 0.05) is 37.6 Å². The molecule has 2 amide bonds. The molecule has 1 saturated heterocycles. The largest absolute Gasteiger partial charge is 0.341 e. The molecule has 8 heteroatoms. The molecule has 3 heterocycles. The van der Waals surface area contributed by atoms with Crippen LogP contribution in [0.2, 0.25) is 0 Å². The molecule has 0 atom stereocenters. The number of hydrogen-bond donors (Lipinski definition) is 3. The number of nitrogens with zero attached hydrogens (tertiary/aromatic N) is 4. The van der Waals surface area contributed by atoms with Crippen LogP contribution in [0.3, 0.4) is 0 Å². The van der Waals surface area contributed by atoms with Crippen molar-refractivity contribution < 1.29 is 4.79 Å². The molecular formula is C18H21N7O. The standard InChI is InChI=1S/C18H21N7O/c1-2-19-18(26)24-16-22-14-6-5-12(9-15(14)23-16)13-10-20-17(21-11-13)25-7-3-4-8-25/h5-6,9-11H,2-4,7-8H2,1H3,(H3,19,22,23,24,26). The van der Waals surface area contributed by atoms with Gasteiger partial charge in [-0.3, -0.25) is 5.32 Å². The minimum absolute atomic E-state index is 0.280. The van der Waals surface area contributed by atoms with Crippen LogP contribution in [-0.4, -0.2) is 45.6 Å². The van der Waals surface area contributed by atoms with Gasteiger partial charge in [-0.05, 0) is 37.5 Å². The first-order valence-electron chi connectivity index (χ1n) is 8.85.